The van der Waals surface area contributed by atoms with Gasteiger partial charge in [-0.2, -0.15) is 0 Å². The normalized spacial score (nSPS) is 18.2. The number of benzene rings is 4. The summed E-state index contributed by atoms with van der Waals surface area (Å²) in [7, 11) is 5.11. The average molecular weight is 469 g/mol. The van der Waals surface area contributed by atoms with Gasteiger partial charge in [-0.1, -0.05) is 66.2 Å². The van der Waals surface area contributed by atoms with Crippen LogP contribution >= 0.6 is 11.8 Å². The van der Waals surface area contributed by atoms with Gasteiger partial charge in [-0.3, -0.25) is 0 Å². The molecule has 34 heavy (non-hydrogen) atoms. The third-order valence-corrected chi connectivity index (χ3v) is 8.67. The van der Waals surface area contributed by atoms with Crippen molar-refractivity contribution in [3.8, 4) is 17.2 Å². The summed E-state index contributed by atoms with van der Waals surface area (Å²) in [5.41, 5.74) is 6.24. The zero-order valence-corrected chi connectivity index (χ0v) is 20.7. The van der Waals surface area contributed by atoms with Crippen molar-refractivity contribution in [2.24, 2.45) is 0 Å². The Morgan fingerprint density at radius 3 is 0.971 bits per heavy atom. The third kappa shape index (κ3) is 3.45. The highest BCUT2D eigenvalue weighted by molar-refractivity contribution is 8.09. The molecule has 0 spiro atoms. The first-order valence-corrected chi connectivity index (χ1v) is 12.1. The highest BCUT2D eigenvalue weighted by atomic mass is 32.2. The van der Waals surface area contributed by atoms with Gasteiger partial charge in [0, 0.05) is 0 Å². The van der Waals surface area contributed by atoms with Gasteiger partial charge in [-0.05, 0) is 65.6 Å². The Morgan fingerprint density at radius 2 is 0.706 bits per heavy atom. The molecule has 1 heterocycles. The number of hydrogen-bond donors (Lipinski definition) is 0. The van der Waals surface area contributed by atoms with E-state index in [1.807, 2.05) is 36.0 Å². The average Bonchev–Trinajstić information content (AvgIpc) is 3.61. The van der Waals surface area contributed by atoms with Crippen LogP contribution in [0.15, 0.2) is 97.1 Å². The van der Waals surface area contributed by atoms with E-state index in [0.29, 0.717) is 0 Å². The Labute approximate surface area is 205 Å². The maximum Gasteiger partial charge on any atom is 0.118 e. The van der Waals surface area contributed by atoms with Crippen molar-refractivity contribution in [1.82, 2.24) is 0 Å². The minimum absolute atomic E-state index is 0.295. The molecule has 4 aromatic carbocycles. The quantitative estimate of drug-likeness (QED) is 0.274. The molecule has 1 aliphatic heterocycles. The van der Waals surface area contributed by atoms with Gasteiger partial charge >= 0.3 is 0 Å². The first-order chi connectivity index (χ1) is 16.6. The molecule has 3 nitrogen and oxygen atoms in total. The lowest BCUT2D eigenvalue weighted by Gasteiger charge is -2.26. The maximum atomic E-state index is 5.46. The molecular formula is C30H28O3S. The number of hydrogen-bond acceptors (Lipinski definition) is 4. The molecule has 172 valence electrons. The molecule has 0 N–H and O–H groups in total. The molecule has 0 amide bonds. The lowest BCUT2D eigenvalue weighted by molar-refractivity contribution is 0.414. The SMILES string of the molecule is COc1ccc(C2(c3ccc(C)cc3)SC2(c2ccc(OC)cc2)c2ccc(OC)cc2)cc1. The van der Waals surface area contributed by atoms with Crippen molar-refractivity contribution in [3.05, 3.63) is 125 Å². The standard InChI is InChI=1S/C30H28O3S/c1-21-5-7-22(8-6-21)29(23-9-15-26(31-2)16-10-23)30(34-29,24-11-17-27(32-3)18-12-24)25-13-19-28(33-4)20-14-25/h5-20H,1-4H3. The van der Waals surface area contributed by atoms with Gasteiger partial charge in [0.25, 0.3) is 0 Å². The van der Waals surface area contributed by atoms with Crippen LogP contribution in [-0.2, 0) is 9.49 Å². The lowest BCUT2D eigenvalue weighted by Crippen LogP contribution is -2.25. The third-order valence-electron chi connectivity index (χ3n) is 6.71. The van der Waals surface area contributed by atoms with E-state index in [4.69, 9.17) is 14.2 Å². The van der Waals surface area contributed by atoms with Gasteiger partial charge in [0.1, 0.15) is 17.2 Å². The van der Waals surface area contributed by atoms with Crippen LogP contribution in [0.2, 0.25) is 0 Å². The molecule has 5 rings (SSSR count). The smallest absolute Gasteiger partial charge is 0.118 e. The summed E-state index contributed by atoms with van der Waals surface area (Å²) in [6, 6.07) is 34.4. The Balaban J connectivity index is 1.76. The van der Waals surface area contributed by atoms with Crippen LogP contribution in [-0.4, -0.2) is 21.3 Å². The Hall–Kier alpha value is -3.37. The van der Waals surface area contributed by atoms with Crippen molar-refractivity contribution in [3.63, 3.8) is 0 Å². The van der Waals surface area contributed by atoms with Crippen LogP contribution < -0.4 is 14.2 Å². The van der Waals surface area contributed by atoms with Crippen LogP contribution in [0, 0.1) is 6.92 Å². The van der Waals surface area contributed by atoms with E-state index in [2.05, 4.69) is 79.7 Å². The molecule has 0 saturated carbocycles. The highest BCUT2D eigenvalue weighted by Crippen LogP contribution is 2.81. The van der Waals surface area contributed by atoms with Crippen LogP contribution in [0.25, 0.3) is 0 Å². The molecule has 0 aliphatic carbocycles. The molecule has 0 radical (unpaired) electrons. The van der Waals surface area contributed by atoms with Crippen LogP contribution in [0.1, 0.15) is 27.8 Å². The van der Waals surface area contributed by atoms with Crippen molar-refractivity contribution < 1.29 is 14.2 Å². The summed E-state index contributed by atoms with van der Waals surface area (Å²) >= 11 is 1.97. The van der Waals surface area contributed by atoms with Crippen LogP contribution in [0.5, 0.6) is 17.2 Å². The second-order valence-electron chi connectivity index (χ2n) is 8.52. The number of aryl methyl sites for hydroxylation is 1. The van der Waals surface area contributed by atoms with E-state index < -0.39 is 0 Å². The zero-order valence-electron chi connectivity index (χ0n) is 19.9. The largest absolute Gasteiger partial charge is 0.497 e. The molecule has 1 saturated heterocycles. The predicted octanol–water partition coefficient (Wildman–Crippen LogP) is 6.96. The maximum absolute atomic E-state index is 5.46. The fourth-order valence-corrected chi connectivity index (χ4v) is 6.75. The second-order valence-corrected chi connectivity index (χ2v) is 9.94. The predicted molar refractivity (Wildman–Crippen MR) is 139 cm³/mol. The van der Waals surface area contributed by atoms with Crippen LogP contribution in [0.3, 0.4) is 0 Å². The van der Waals surface area contributed by atoms with E-state index >= 15 is 0 Å². The van der Waals surface area contributed by atoms with Gasteiger partial charge in [0.2, 0.25) is 0 Å². The Morgan fingerprint density at radius 1 is 0.441 bits per heavy atom. The van der Waals surface area contributed by atoms with E-state index in [1.165, 1.54) is 27.8 Å². The number of rotatable bonds is 7. The summed E-state index contributed by atoms with van der Waals surface area (Å²) in [4.78, 5) is 0. The molecule has 0 aromatic heterocycles. The molecule has 1 atom stereocenters. The minimum atomic E-state index is -0.310. The van der Waals surface area contributed by atoms with E-state index in [-0.39, 0.29) is 9.49 Å². The van der Waals surface area contributed by atoms with Gasteiger partial charge < -0.3 is 14.2 Å². The van der Waals surface area contributed by atoms with Gasteiger partial charge in [0.15, 0.2) is 0 Å². The van der Waals surface area contributed by atoms with Gasteiger partial charge in [0.05, 0.1) is 30.8 Å². The van der Waals surface area contributed by atoms with E-state index in [0.717, 1.165) is 17.2 Å². The molecule has 4 aromatic rings. The Kier molecular flexibility index (Phi) is 5.78. The van der Waals surface area contributed by atoms with Crippen LogP contribution in [0.4, 0.5) is 0 Å². The fourth-order valence-electron chi connectivity index (χ4n) is 4.85. The molecule has 4 heteroatoms. The number of thioether (sulfide) groups is 1. The molecular weight excluding hydrogens is 440 g/mol. The van der Waals surface area contributed by atoms with Gasteiger partial charge in [-0.15, -0.1) is 11.8 Å². The number of ether oxygens (including phenoxy) is 3. The highest BCUT2D eigenvalue weighted by Gasteiger charge is 2.72. The second kappa shape index (κ2) is 8.77. The molecule has 1 aliphatic rings. The van der Waals surface area contributed by atoms with Gasteiger partial charge in [-0.25, -0.2) is 0 Å². The lowest BCUT2D eigenvalue weighted by atomic mass is 9.73. The van der Waals surface area contributed by atoms with E-state index in [1.54, 1.807) is 21.3 Å². The molecule has 1 unspecified atom stereocenters. The zero-order chi connectivity index (χ0) is 23.8. The fraction of sp³-hybridized carbons (Fsp3) is 0.200. The minimum Gasteiger partial charge on any atom is -0.497 e. The Bertz CT molecular complexity index is 1220. The summed E-state index contributed by atoms with van der Waals surface area (Å²) in [6.45, 7) is 2.13. The van der Waals surface area contributed by atoms with Crippen molar-refractivity contribution in [1.29, 1.82) is 0 Å². The van der Waals surface area contributed by atoms with Crippen molar-refractivity contribution in [2.45, 2.75) is 16.4 Å². The summed E-state index contributed by atoms with van der Waals surface area (Å²) in [5, 5.41) is 0. The van der Waals surface area contributed by atoms with Crippen molar-refractivity contribution >= 4 is 11.8 Å². The monoisotopic (exact) mass is 468 g/mol. The molecule has 1 fully saturated rings. The summed E-state index contributed by atoms with van der Waals surface area (Å²) in [6.07, 6.45) is 0. The summed E-state index contributed by atoms with van der Waals surface area (Å²) in [5.74, 6) is 2.56. The summed E-state index contributed by atoms with van der Waals surface area (Å²) < 4.78 is 15.8. The number of methoxy groups -OCH3 is 3. The van der Waals surface area contributed by atoms with Crippen molar-refractivity contribution in [2.75, 3.05) is 21.3 Å². The first-order valence-electron chi connectivity index (χ1n) is 11.3. The first kappa shape index (κ1) is 22.4. The topological polar surface area (TPSA) is 27.7 Å². The molecule has 0 bridgehead atoms. The van der Waals surface area contributed by atoms with E-state index in [9.17, 15) is 0 Å².